The minimum absolute atomic E-state index is 0.0748. The van der Waals surface area contributed by atoms with Gasteiger partial charge in [0.1, 0.15) is 0 Å². The van der Waals surface area contributed by atoms with Gasteiger partial charge < -0.3 is 5.32 Å². The fraction of sp³-hybridized carbons (Fsp3) is 0.150. The summed E-state index contributed by atoms with van der Waals surface area (Å²) in [5.41, 5.74) is 2.35. The molecule has 1 N–H and O–H groups in total. The van der Waals surface area contributed by atoms with Crippen molar-refractivity contribution in [3.05, 3.63) is 87.4 Å². The molecule has 0 spiro atoms. The van der Waals surface area contributed by atoms with Crippen molar-refractivity contribution in [1.82, 2.24) is 14.9 Å². The van der Waals surface area contributed by atoms with Gasteiger partial charge in [0, 0.05) is 29.2 Å². The van der Waals surface area contributed by atoms with Gasteiger partial charge in [-0.2, -0.15) is 0 Å². The molecule has 0 aliphatic carbocycles. The van der Waals surface area contributed by atoms with Gasteiger partial charge >= 0.3 is 0 Å². The third-order valence-corrected chi connectivity index (χ3v) is 4.43. The lowest BCUT2D eigenvalue weighted by Gasteiger charge is -2.08. The second-order valence-corrected chi connectivity index (χ2v) is 6.74. The van der Waals surface area contributed by atoms with Crippen molar-refractivity contribution < 1.29 is 4.79 Å². The summed E-state index contributed by atoms with van der Waals surface area (Å²) in [4.78, 5) is 28.5. The summed E-state index contributed by atoms with van der Waals surface area (Å²) in [5.74, 6) is -0.0748. The minimum Gasteiger partial charge on any atom is -0.354 e. The van der Waals surface area contributed by atoms with E-state index in [4.69, 9.17) is 0 Å². The van der Waals surface area contributed by atoms with Crippen molar-refractivity contribution >= 4 is 21.8 Å². The van der Waals surface area contributed by atoms with E-state index < -0.39 is 0 Å². The molecule has 26 heavy (non-hydrogen) atoms. The summed E-state index contributed by atoms with van der Waals surface area (Å²) in [5, 5.41) is 2.83. The van der Waals surface area contributed by atoms with Crippen LogP contribution in [0, 0.1) is 0 Å². The zero-order valence-corrected chi connectivity index (χ0v) is 15.6. The Balaban J connectivity index is 1.54. The van der Waals surface area contributed by atoms with Crippen LogP contribution in [-0.4, -0.2) is 22.0 Å². The number of carbonyl (C=O) groups is 1. The van der Waals surface area contributed by atoms with Crippen LogP contribution in [0.3, 0.4) is 0 Å². The molecule has 2 aromatic carbocycles. The lowest BCUT2D eigenvalue weighted by molar-refractivity contribution is -0.120. The van der Waals surface area contributed by atoms with E-state index in [-0.39, 0.29) is 11.5 Å². The Morgan fingerprint density at radius 2 is 1.81 bits per heavy atom. The highest BCUT2D eigenvalue weighted by Gasteiger charge is 2.05. The number of hydrogen-bond donors (Lipinski definition) is 1. The van der Waals surface area contributed by atoms with Crippen molar-refractivity contribution in [1.29, 1.82) is 0 Å². The van der Waals surface area contributed by atoms with Gasteiger partial charge in [-0.3, -0.25) is 14.2 Å². The van der Waals surface area contributed by atoms with Gasteiger partial charge in [0.2, 0.25) is 5.91 Å². The molecule has 5 nitrogen and oxygen atoms in total. The third kappa shape index (κ3) is 4.89. The molecular formula is C20H18BrN3O2. The molecule has 3 rings (SSSR count). The minimum atomic E-state index is -0.138. The van der Waals surface area contributed by atoms with Crippen LogP contribution in [0.4, 0.5) is 0 Å². The van der Waals surface area contributed by atoms with Gasteiger partial charge in [-0.1, -0.05) is 58.4 Å². The van der Waals surface area contributed by atoms with Gasteiger partial charge in [0.25, 0.3) is 5.56 Å². The number of carbonyl (C=O) groups excluding carboxylic acids is 1. The molecule has 0 radical (unpaired) electrons. The highest BCUT2D eigenvalue weighted by Crippen LogP contribution is 2.13. The molecule has 0 aliphatic heterocycles. The van der Waals surface area contributed by atoms with Crippen molar-refractivity contribution in [2.75, 3.05) is 6.54 Å². The summed E-state index contributed by atoms with van der Waals surface area (Å²) in [6, 6.07) is 18.7. The number of rotatable bonds is 6. The molecule has 0 fully saturated rings. The third-order valence-electron chi connectivity index (χ3n) is 3.90. The zero-order valence-electron chi connectivity index (χ0n) is 14.1. The van der Waals surface area contributed by atoms with Gasteiger partial charge in [-0.05, 0) is 17.7 Å². The Kier molecular flexibility index (Phi) is 5.96. The number of nitrogens with one attached hydrogen (secondary N) is 1. The highest BCUT2D eigenvalue weighted by molar-refractivity contribution is 9.10. The summed E-state index contributed by atoms with van der Waals surface area (Å²) in [6.07, 6.45) is 1.83. The zero-order chi connectivity index (χ0) is 18.4. The fourth-order valence-corrected chi connectivity index (χ4v) is 2.79. The number of nitrogens with zero attached hydrogens (tertiary/aromatic N) is 2. The maximum atomic E-state index is 12.2. The molecule has 0 saturated heterocycles. The summed E-state index contributed by atoms with van der Waals surface area (Å²) in [7, 11) is 0. The van der Waals surface area contributed by atoms with Crippen LogP contribution in [0.15, 0.2) is 76.3 Å². The first kappa shape index (κ1) is 18.1. The van der Waals surface area contributed by atoms with E-state index in [1.165, 1.54) is 17.0 Å². The average molecular weight is 412 g/mol. The van der Waals surface area contributed by atoms with Crippen LogP contribution >= 0.6 is 15.9 Å². The van der Waals surface area contributed by atoms with Gasteiger partial charge in [0.15, 0.2) is 0 Å². The predicted molar refractivity (Wildman–Crippen MR) is 105 cm³/mol. The SMILES string of the molecule is O=C(Cc1ccc(Br)cc1)NCCn1cnc(-c2ccccc2)cc1=O. The van der Waals surface area contributed by atoms with E-state index >= 15 is 0 Å². The van der Waals surface area contributed by atoms with Gasteiger partial charge in [-0.25, -0.2) is 4.98 Å². The molecule has 0 bridgehead atoms. The Morgan fingerprint density at radius 1 is 1.08 bits per heavy atom. The monoisotopic (exact) mass is 411 g/mol. The number of aromatic nitrogens is 2. The summed E-state index contributed by atoms with van der Waals surface area (Å²) >= 11 is 3.37. The van der Waals surface area contributed by atoms with E-state index in [0.717, 1.165) is 15.6 Å². The van der Waals surface area contributed by atoms with E-state index in [1.807, 2.05) is 54.6 Å². The normalized spacial score (nSPS) is 10.5. The van der Waals surface area contributed by atoms with E-state index in [1.54, 1.807) is 0 Å². The maximum absolute atomic E-state index is 12.2. The Labute approximate surface area is 159 Å². The first-order valence-electron chi connectivity index (χ1n) is 8.25. The Morgan fingerprint density at radius 3 is 2.50 bits per heavy atom. The lowest BCUT2D eigenvalue weighted by Crippen LogP contribution is -2.31. The molecule has 1 amide bonds. The van der Waals surface area contributed by atoms with Crippen LogP contribution in [0.25, 0.3) is 11.3 Å². The molecule has 1 heterocycles. The largest absolute Gasteiger partial charge is 0.354 e. The predicted octanol–water partition coefficient (Wildman–Crippen LogP) is 3.03. The molecule has 3 aromatic rings. The second kappa shape index (κ2) is 8.58. The highest BCUT2D eigenvalue weighted by atomic mass is 79.9. The van der Waals surface area contributed by atoms with Crippen molar-refractivity contribution in [2.24, 2.45) is 0 Å². The summed E-state index contributed by atoms with van der Waals surface area (Å²) in [6.45, 7) is 0.759. The van der Waals surface area contributed by atoms with Crippen molar-refractivity contribution in [3.63, 3.8) is 0 Å². The second-order valence-electron chi connectivity index (χ2n) is 5.83. The number of hydrogen-bond acceptors (Lipinski definition) is 3. The van der Waals surface area contributed by atoms with E-state index in [2.05, 4.69) is 26.2 Å². The molecule has 1 aromatic heterocycles. The average Bonchev–Trinajstić information content (AvgIpc) is 2.65. The molecule has 6 heteroatoms. The van der Waals surface area contributed by atoms with Crippen LogP contribution in [0.1, 0.15) is 5.56 Å². The first-order valence-corrected chi connectivity index (χ1v) is 9.04. The van der Waals surface area contributed by atoms with Crippen molar-refractivity contribution in [3.8, 4) is 11.3 Å². The van der Waals surface area contributed by atoms with E-state index in [9.17, 15) is 9.59 Å². The molecule has 0 saturated carbocycles. The molecule has 0 unspecified atom stereocenters. The van der Waals surface area contributed by atoms with Crippen LogP contribution in [0.2, 0.25) is 0 Å². The number of benzene rings is 2. The maximum Gasteiger partial charge on any atom is 0.253 e. The van der Waals surface area contributed by atoms with Crippen molar-refractivity contribution in [2.45, 2.75) is 13.0 Å². The number of halogens is 1. The van der Waals surface area contributed by atoms with E-state index in [0.29, 0.717) is 25.2 Å². The molecule has 0 aliphatic rings. The summed E-state index contributed by atoms with van der Waals surface area (Å²) < 4.78 is 2.47. The van der Waals surface area contributed by atoms with Gasteiger partial charge in [0.05, 0.1) is 18.4 Å². The molecule has 132 valence electrons. The van der Waals surface area contributed by atoms with Crippen LogP contribution < -0.4 is 10.9 Å². The van der Waals surface area contributed by atoms with Crippen LogP contribution in [-0.2, 0) is 17.8 Å². The van der Waals surface area contributed by atoms with Gasteiger partial charge in [-0.15, -0.1) is 0 Å². The Hall–Kier alpha value is -2.73. The lowest BCUT2D eigenvalue weighted by atomic mass is 10.1. The topological polar surface area (TPSA) is 64.0 Å². The van der Waals surface area contributed by atoms with Crippen LogP contribution in [0.5, 0.6) is 0 Å². The first-order chi connectivity index (χ1) is 12.6. The quantitative estimate of drug-likeness (QED) is 0.677. The standard InChI is InChI=1S/C20H18BrN3O2/c21-17-8-6-15(7-9-17)12-19(25)22-10-11-24-14-23-18(13-20(24)26)16-4-2-1-3-5-16/h1-9,13-14H,10-12H2,(H,22,25). The molecule has 0 atom stereocenters. The number of amides is 1. The Bertz CT molecular complexity index is 937. The fourth-order valence-electron chi connectivity index (χ4n) is 2.53. The smallest absolute Gasteiger partial charge is 0.253 e. The molecular weight excluding hydrogens is 394 g/mol.